The Bertz CT molecular complexity index is 178. The van der Waals surface area contributed by atoms with Crippen molar-refractivity contribution in [2.24, 2.45) is 0 Å². The summed E-state index contributed by atoms with van der Waals surface area (Å²) in [5.41, 5.74) is -0.868. The Morgan fingerprint density at radius 3 is 2.44 bits per heavy atom. The fourth-order valence-electron chi connectivity index (χ4n) is 0.318. The van der Waals surface area contributed by atoms with Gasteiger partial charge in [0.2, 0.25) is 0 Å². The van der Waals surface area contributed by atoms with Crippen LogP contribution in [0.3, 0.4) is 0 Å². The van der Waals surface area contributed by atoms with Crippen molar-refractivity contribution in [3.05, 3.63) is 17.1 Å². The van der Waals surface area contributed by atoms with Crippen molar-refractivity contribution in [3.63, 3.8) is 0 Å². The van der Waals surface area contributed by atoms with Crippen molar-refractivity contribution in [1.82, 2.24) is 4.37 Å². The van der Waals surface area contributed by atoms with Gasteiger partial charge in [-0.05, 0) is 17.6 Å². The molecule has 0 fully saturated rings. The van der Waals surface area contributed by atoms with E-state index < -0.39 is 11.9 Å². The van der Waals surface area contributed by atoms with Crippen LogP contribution in [0, 0.1) is 5.38 Å². The summed E-state index contributed by atoms with van der Waals surface area (Å²) in [7, 11) is 0. The summed E-state index contributed by atoms with van der Waals surface area (Å²) in [6, 6.07) is 0.824. The lowest BCUT2D eigenvalue weighted by Gasteiger charge is -1.98. The zero-order chi connectivity index (χ0) is 6.91. The quantitative estimate of drug-likeness (QED) is 0.553. The second-order valence-electron chi connectivity index (χ2n) is 1.33. The minimum atomic E-state index is -4.31. The molecule has 0 aromatic carbocycles. The van der Waals surface area contributed by atoms with Gasteiger partial charge >= 0.3 is 6.18 Å². The molecular formula is C4HF3NS. The first-order valence-corrected chi connectivity index (χ1v) is 2.78. The Morgan fingerprint density at radius 1 is 1.56 bits per heavy atom. The SMILES string of the molecule is FC(F)(F)c1c[c]sn1. The second kappa shape index (κ2) is 1.98. The van der Waals surface area contributed by atoms with Gasteiger partial charge in [0.25, 0.3) is 0 Å². The lowest BCUT2D eigenvalue weighted by Crippen LogP contribution is -2.03. The van der Waals surface area contributed by atoms with Gasteiger partial charge in [-0.3, -0.25) is 0 Å². The van der Waals surface area contributed by atoms with Crippen molar-refractivity contribution >= 4 is 11.5 Å². The van der Waals surface area contributed by atoms with Crippen LogP contribution in [0.15, 0.2) is 6.07 Å². The lowest BCUT2D eigenvalue weighted by atomic mass is 10.4. The van der Waals surface area contributed by atoms with Crippen molar-refractivity contribution in [1.29, 1.82) is 0 Å². The summed E-state index contributed by atoms with van der Waals surface area (Å²) in [4.78, 5) is 0. The molecule has 1 rings (SSSR count). The van der Waals surface area contributed by atoms with E-state index >= 15 is 0 Å². The summed E-state index contributed by atoms with van der Waals surface area (Å²) >= 11 is 0.671. The molecule has 9 heavy (non-hydrogen) atoms. The topological polar surface area (TPSA) is 12.9 Å². The number of alkyl halides is 3. The van der Waals surface area contributed by atoms with E-state index in [0.717, 1.165) is 6.07 Å². The first-order valence-electron chi connectivity index (χ1n) is 2.00. The van der Waals surface area contributed by atoms with Gasteiger partial charge in [-0.25, -0.2) is 0 Å². The largest absolute Gasteiger partial charge is 0.434 e. The van der Waals surface area contributed by atoms with E-state index in [1.165, 1.54) is 0 Å². The molecule has 0 N–H and O–H groups in total. The van der Waals surface area contributed by atoms with Gasteiger partial charge in [-0.1, -0.05) is 0 Å². The first kappa shape index (κ1) is 6.54. The van der Waals surface area contributed by atoms with E-state index in [1.54, 1.807) is 0 Å². The van der Waals surface area contributed by atoms with Crippen LogP contribution in [0.25, 0.3) is 0 Å². The van der Waals surface area contributed by atoms with Crippen molar-refractivity contribution in [3.8, 4) is 0 Å². The summed E-state index contributed by atoms with van der Waals surface area (Å²) in [6.07, 6.45) is -4.31. The third kappa shape index (κ3) is 1.41. The van der Waals surface area contributed by atoms with Gasteiger partial charge in [0.1, 0.15) is 0 Å². The highest BCUT2D eigenvalue weighted by molar-refractivity contribution is 7.03. The van der Waals surface area contributed by atoms with Gasteiger partial charge in [-0.15, -0.1) is 0 Å². The molecule has 1 radical (unpaired) electrons. The van der Waals surface area contributed by atoms with Crippen LogP contribution in [0.5, 0.6) is 0 Å². The van der Waals surface area contributed by atoms with Gasteiger partial charge in [0.15, 0.2) is 5.69 Å². The minimum Gasteiger partial charge on any atom is -0.187 e. The van der Waals surface area contributed by atoms with Crippen molar-refractivity contribution < 1.29 is 13.2 Å². The number of hydrogen-bond donors (Lipinski definition) is 0. The molecule has 0 saturated carbocycles. The third-order valence-corrected chi connectivity index (χ3v) is 1.19. The van der Waals surface area contributed by atoms with Gasteiger partial charge in [0, 0.05) is 0 Å². The Labute approximate surface area is 53.3 Å². The minimum absolute atomic E-state index is 0.671. The molecule has 0 aliphatic heterocycles. The van der Waals surface area contributed by atoms with Crippen LogP contribution < -0.4 is 0 Å². The Hall–Kier alpha value is -0.580. The highest BCUT2D eigenvalue weighted by atomic mass is 32.1. The molecule has 1 aromatic heterocycles. The summed E-state index contributed by atoms with van der Waals surface area (Å²) < 4.78 is 37.7. The summed E-state index contributed by atoms with van der Waals surface area (Å²) in [5.74, 6) is 0. The van der Waals surface area contributed by atoms with Crippen molar-refractivity contribution in [2.45, 2.75) is 6.18 Å². The molecule has 0 spiro atoms. The molecule has 1 nitrogen and oxygen atoms in total. The van der Waals surface area contributed by atoms with Gasteiger partial charge in [-0.2, -0.15) is 17.5 Å². The molecule has 1 heterocycles. The predicted molar refractivity (Wildman–Crippen MR) is 26.0 cm³/mol. The zero-order valence-electron chi connectivity index (χ0n) is 4.07. The van der Waals surface area contributed by atoms with E-state index in [9.17, 15) is 13.2 Å². The van der Waals surface area contributed by atoms with E-state index in [1.807, 2.05) is 0 Å². The normalized spacial score (nSPS) is 11.9. The molecule has 0 unspecified atom stereocenters. The molecule has 49 valence electrons. The molecule has 5 heteroatoms. The van der Waals surface area contributed by atoms with Gasteiger partial charge < -0.3 is 0 Å². The molecule has 0 bridgehead atoms. The van der Waals surface area contributed by atoms with Crippen LogP contribution in [0.2, 0.25) is 0 Å². The van der Waals surface area contributed by atoms with Gasteiger partial charge in [0.05, 0.1) is 5.38 Å². The molecule has 0 amide bonds. The number of halogens is 3. The summed E-state index contributed by atoms with van der Waals surface area (Å²) in [6.45, 7) is 0. The Balaban J connectivity index is 2.90. The van der Waals surface area contributed by atoms with E-state index in [-0.39, 0.29) is 0 Å². The van der Waals surface area contributed by atoms with Crippen LogP contribution in [0.1, 0.15) is 5.69 Å². The maximum absolute atomic E-state index is 11.5. The molecule has 1 aromatic rings. The van der Waals surface area contributed by atoms with Crippen molar-refractivity contribution in [2.75, 3.05) is 0 Å². The molecule has 0 saturated heterocycles. The van der Waals surface area contributed by atoms with Crippen LogP contribution >= 0.6 is 11.5 Å². The average molecular weight is 152 g/mol. The Morgan fingerprint density at radius 2 is 2.22 bits per heavy atom. The molecule has 0 atom stereocenters. The number of hydrogen-bond acceptors (Lipinski definition) is 2. The highest BCUT2D eigenvalue weighted by Crippen LogP contribution is 2.27. The fraction of sp³-hybridized carbons (Fsp3) is 0.250. The first-order chi connectivity index (χ1) is 4.11. The third-order valence-electron chi connectivity index (χ3n) is 0.683. The second-order valence-corrected chi connectivity index (χ2v) is 1.93. The number of aromatic nitrogens is 1. The monoisotopic (exact) mass is 152 g/mol. The average Bonchev–Trinajstić information content (AvgIpc) is 2.08. The fourth-order valence-corrected chi connectivity index (χ4v) is 0.789. The zero-order valence-corrected chi connectivity index (χ0v) is 4.88. The van der Waals surface area contributed by atoms with Crippen LogP contribution in [-0.2, 0) is 6.18 Å². The number of nitrogens with zero attached hydrogens (tertiary/aromatic N) is 1. The Kier molecular flexibility index (Phi) is 1.44. The summed E-state index contributed by atoms with van der Waals surface area (Å²) in [5, 5.41) is 2.25. The van der Waals surface area contributed by atoms with Crippen LogP contribution in [0.4, 0.5) is 13.2 Å². The predicted octanol–water partition coefficient (Wildman–Crippen LogP) is 1.96. The van der Waals surface area contributed by atoms with E-state index in [2.05, 4.69) is 9.75 Å². The maximum atomic E-state index is 11.5. The van der Waals surface area contributed by atoms with Crippen LogP contribution in [-0.4, -0.2) is 4.37 Å². The maximum Gasteiger partial charge on any atom is 0.434 e. The van der Waals surface area contributed by atoms with E-state index in [4.69, 9.17) is 0 Å². The molecule has 0 aliphatic carbocycles. The number of rotatable bonds is 0. The molecule has 0 aliphatic rings. The standard InChI is InChI=1S/C4HF3NS/c5-4(6,7)3-1-2-9-8-3/h1H. The molecular weight excluding hydrogens is 151 g/mol. The lowest BCUT2D eigenvalue weighted by molar-refractivity contribution is -0.140. The van der Waals surface area contributed by atoms with E-state index in [0.29, 0.717) is 11.5 Å². The smallest absolute Gasteiger partial charge is 0.187 e. The highest BCUT2D eigenvalue weighted by Gasteiger charge is 2.32.